The summed E-state index contributed by atoms with van der Waals surface area (Å²) in [5.41, 5.74) is 1.54. The second-order valence-electron chi connectivity index (χ2n) is 6.71. The van der Waals surface area contributed by atoms with Crippen LogP contribution in [0.4, 0.5) is 0 Å². The molecule has 0 spiro atoms. The van der Waals surface area contributed by atoms with Crippen LogP contribution in [0.5, 0.6) is 0 Å². The molecule has 0 heterocycles. The lowest BCUT2D eigenvalue weighted by Crippen LogP contribution is -2.43. The molecule has 1 aliphatic rings. The average Bonchev–Trinajstić information content (AvgIpc) is 2.50. The first-order valence-corrected chi connectivity index (χ1v) is 9.49. The van der Waals surface area contributed by atoms with Gasteiger partial charge in [0.25, 0.3) is 0 Å². The Morgan fingerprint density at radius 1 is 1.14 bits per heavy atom. The maximum Gasteiger partial charge on any atom is 0.0209 e. The molecule has 4 atom stereocenters. The Kier molecular flexibility index (Phi) is 6.63. The van der Waals surface area contributed by atoms with Gasteiger partial charge in [-0.05, 0) is 43.2 Å². The minimum Gasteiger partial charge on any atom is -0.313 e. The summed E-state index contributed by atoms with van der Waals surface area (Å²) < 4.78 is 0. The normalized spacial score (nSPS) is 27.8. The van der Waals surface area contributed by atoms with Crippen molar-refractivity contribution in [1.29, 1.82) is 0 Å². The first kappa shape index (κ1) is 16.9. The van der Waals surface area contributed by atoms with Gasteiger partial charge in [-0.1, -0.05) is 58.0 Å². The van der Waals surface area contributed by atoms with Gasteiger partial charge < -0.3 is 5.32 Å². The minimum atomic E-state index is 0.696. The molecule has 1 aromatic rings. The first-order valence-electron chi connectivity index (χ1n) is 8.55. The van der Waals surface area contributed by atoms with Crippen molar-refractivity contribution in [2.75, 3.05) is 6.54 Å². The fourth-order valence-corrected chi connectivity index (χ4v) is 4.87. The zero-order chi connectivity index (χ0) is 15.2. The number of hydrogen-bond donors (Lipinski definition) is 1. The molecule has 0 bridgehead atoms. The second-order valence-corrected chi connectivity index (χ2v) is 8.33. The molecule has 0 aliphatic heterocycles. The molecule has 1 nitrogen and oxygen atoms in total. The van der Waals surface area contributed by atoms with E-state index in [2.05, 4.69) is 75.1 Å². The summed E-state index contributed by atoms with van der Waals surface area (Å²) in [6.07, 6.45) is 3.97. The van der Waals surface area contributed by atoms with Gasteiger partial charge in [-0.3, -0.25) is 0 Å². The zero-order valence-electron chi connectivity index (χ0n) is 14.0. The Bertz CT molecular complexity index is 403. The lowest BCUT2D eigenvalue weighted by molar-refractivity contribution is 0.356. The third-order valence-electron chi connectivity index (χ3n) is 4.86. The summed E-state index contributed by atoms with van der Waals surface area (Å²) in [5.74, 6) is 1.51. The van der Waals surface area contributed by atoms with Gasteiger partial charge in [0, 0.05) is 16.5 Å². The molecule has 2 heteroatoms. The second kappa shape index (κ2) is 8.24. The van der Waals surface area contributed by atoms with E-state index in [1.165, 1.54) is 24.8 Å². The lowest BCUT2D eigenvalue weighted by Gasteiger charge is -2.38. The van der Waals surface area contributed by atoms with Crippen molar-refractivity contribution in [1.82, 2.24) is 5.32 Å². The van der Waals surface area contributed by atoms with Gasteiger partial charge >= 0.3 is 0 Å². The molecule has 1 aliphatic carbocycles. The Labute approximate surface area is 135 Å². The van der Waals surface area contributed by atoms with E-state index < -0.39 is 0 Å². The van der Waals surface area contributed by atoms with Gasteiger partial charge in [0.2, 0.25) is 0 Å². The van der Waals surface area contributed by atoms with Gasteiger partial charge in [-0.15, -0.1) is 0 Å². The first-order chi connectivity index (χ1) is 10.1. The van der Waals surface area contributed by atoms with Crippen LogP contribution in [0.1, 0.15) is 58.4 Å². The largest absolute Gasteiger partial charge is 0.313 e. The maximum atomic E-state index is 3.73. The minimum absolute atomic E-state index is 0.696. The predicted octanol–water partition coefficient (Wildman–Crippen LogP) is 5.08. The highest BCUT2D eigenvalue weighted by Crippen LogP contribution is 2.40. The van der Waals surface area contributed by atoms with E-state index in [1.807, 2.05) is 0 Å². The van der Waals surface area contributed by atoms with Gasteiger partial charge in [0.15, 0.2) is 0 Å². The molecule has 1 fully saturated rings. The summed E-state index contributed by atoms with van der Waals surface area (Å²) in [5, 5.41) is 5.22. The molecule has 1 N–H and O–H groups in total. The van der Waals surface area contributed by atoms with Crippen molar-refractivity contribution in [3.05, 3.63) is 35.9 Å². The van der Waals surface area contributed by atoms with Crippen LogP contribution < -0.4 is 5.32 Å². The summed E-state index contributed by atoms with van der Waals surface area (Å²) >= 11 is 2.21. The molecular weight excluding hydrogens is 274 g/mol. The third kappa shape index (κ3) is 4.75. The number of hydrogen-bond acceptors (Lipinski definition) is 2. The van der Waals surface area contributed by atoms with Crippen LogP contribution >= 0.6 is 11.8 Å². The van der Waals surface area contributed by atoms with E-state index in [0.29, 0.717) is 6.04 Å². The fourth-order valence-electron chi connectivity index (χ4n) is 3.24. The van der Waals surface area contributed by atoms with Crippen LogP contribution in [0.3, 0.4) is 0 Å². The maximum absolute atomic E-state index is 3.73. The molecular formula is C19H31NS. The van der Waals surface area contributed by atoms with Crippen LogP contribution in [0.15, 0.2) is 30.3 Å². The Hall–Kier alpha value is -0.470. The van der Waals surface area contributed by atoms with Crippen molar-refractivity contribution in [2.24, 2.45) is 5.92 Å². The highest BCUT2D eigenvalue weighted by Gasteiger charge is 2.32. The summed E-state index contributed by atoms with van der Waals surface area (Å²) in [4.78, 5) is 0. The topological polar surface area (TPSA) is 12.0 Å². The third-order valence-corrected chi connectivity index (χ3v) is 6.70. The number of benzene rings is 1. The highest BCUT2D eigenvalue weighted by molar-refractivity contribution is 8.00. The van der Waals surface area contributed by atoms with Crippen molar-refractivity contribution >= 4 is 11.8 Å². The molecule has 4 unspecified atom stereocenters. The van der Waals surface area contributed by atoms with Gasteiger partial charge in [-0.25, -0.2) is 0 Å². The zero-order valence-corrected chi connectivity index (χ0v) is 14.8. The quantitative estimate of drug-likeness (QED) is 0.786. The molecule has 0 aromatic heterocycles. The fraction of sp³-hybridized carbons (Fsp3) is 0.684. The molecule has 0 saturated heterocycles. The Morgan fingerprint density at radius 2 is 1.86 bits per heavy atom. The molecule has 1 saturated carbocycles. The number of nitrogens with one attached hydrogen (secondary N) is 1. The molecule has 0 amide bonds. The van der Waals surface area contributed by atoms with Gasteiger partial charge in [0.1, 0.15) is 0 Å². The molecule has 2 rings (SSSR count). The van der Waals surface area contributed by atoms with Crippen LogP contribution in [-0.2, 0) is 0 Å². The van der Waals surface area contributed by atoms with Crippen molar-refractivity contribution < 1.29 is 0 Å². The van der Waals surface area contributed by atoms with Gasteiger partial charge in [-0.2, -0.15) is 11.8 Å². The van der Waals surface area contributed by atoms with Crippen LogP contribution in [0.25, 0.3) is 0 Å². The van der Waals surface area contributed by atoms with Crippen LogP contribution in [-0.4, -0.2) is 23.1 Å². The smallest absolute Gasteiger partial charge is 0.0209 e. The summed E-state index contributed by atoms with van der Waals surface area (Å²) in [6, 6.07) is 11.8. The van der Waals surface area contributed by atoms with E-state index in [9.17, 15) is 0 Å². The number of rotatable bonds is 6. The van der Waals surface area contributed by atoms with E-state index in [1.54, 1.807) is 0 Å². The highest BCUT2D eigenvalue weighted by atomic mass is 32.2. The molecule has 118 valence electrons. The Balaban J connectivity index is 2.04. The van der Waals surface area contributed by atoms with E-state index in [4.69, 9.17) is 0 Å². The Morgan fingerprint density at radius 3 is 2.48 bits per heavy atom. The van der Waals surface area contributed by atoms with Crippen molar-refractivity contribution in [2.45, 2.75) is 69.4 Å². The molecule has 21 heavy (non-hydrogen) atoms. The SMILES string of the molecule is CCNC1CCC(c2ccccc2)CC1SC(C)C(C)C. The molecule has 0 radical (unpaired) electrons. The van der Waals surface area contributed by atoms with Crippen LogP contribution in [0.2, 0.25) is 0 Å². The van der Waals surface area contributed by atoms with E-state index in [-0.39, 0.29) is 0 Å². The molecule has 1 aromatic carbocycles. The van der Waals surface area contributed by atoms with Gasteiger partial charge in [0.05, 0.1) is 0 Å². The average molecular weight is 306 g/mol. The van der Waals surface area contributed by atoms with Crippen LogP contribution in [0, 0.1) is 5.92 Å². The standard InChI is InChI=1S/C19H31NS/c1-5-20-18-12-11-17(16-9-7-6-8-10-16)13-19(18)21-15(4)14(2)3/h6-10,14-15,17-20H,5,11-13H2,1-4H3. The van der Waals surface area contributed by atoms with E-state index in [0.717, 1.165) is 28.9 Å². The van der Waals surface area contributed by atoms with Crippen molar-refractivity contribution in [3.63, 3.8) is 0 Å². The predicted molar refractivity (Wildman–Crippen MR) is 96.2 cm³/mol. The monoisotopic (exact) mass is 305 g/mol. The number of thioether (sulfide) groups is 1. The van der Waals surface area contributed by atoms with Crippen molar-refractivity contribution in [3.8, 4) is 0 Å². The summed E-state index contributed by atoms with van der Waals surface area (Å²) in [6.45, 7) is 10.4. The summed E-state index contributed by atoms with van der Waals surface area (Å²) in [7, 11) is 0. The van der Waals surface area contributed by atoms with E-state index >= 15 is 0 Å². The lowest BCUT2D eigenvalue weighted by atomic mass is 9.81.